The summed E-state index contributed by atoms with van der Waals surface area (Å²) in [7, 11) is 0. The first-order chi connectivity index (χ1) is 5.40. The molecular weight excluding hydrogens is 154 g/mol. The third kappa shape index (κ3) is 4.21. The number of hydrogen-bond donors (Lipinski definition) is 0. The summed E-state index contributed by atoms with van der Waals surface area (Å²) in [5, 5.41) is 0. The fourth-order valence-corrected chi connectivity index (χ4v) is 0.808. The summed E-state index contributed by atoms with van der Waals surface area (Å²) in [4.78, 5) is 13.0. The minimum atomic E-state index is -0.389. The molecule has 0 rings (SSSR count). The summed E-state index contributed by atoms with van der Waals surface area (Å²) in [6, 6.07) is 0. The van der Waals surface area contributed by atoms with Crippen LogP contribution in [0.25, 0.3) is 0 Å². The molecule has 0 bridgehead atoms. The van der Waals surface area contributed by atoms with E-state index < -0.39 is 0 Å². The molecule has 0 aliphatic heterocycles. The van der Waals surface area contributed by atoms with E-state index in [1.54, 1.807) is 4.90 Å². The molecule has 0 N–H and O–H groups in total. The van der Waals surface area contributed by atoms with Gasteiger partial charge in [-0.25, -0.2) is 4.79 Å². The Morgan fingerprint density at radius 2 is 1.67 bits per heavy atom. The Labute approximate surface area is 74.7 Å². The van der Waals surface area contributed by atoms with Crippen LogP contribution in [-0.2, 0) is 4.74 Å². The molecule has 0 saturated heterocycles. The molecule has 12 heavy (non-hydrogen) atoms. The first-order valence-electron chi connectivity index (χ1n) is 4.38. The van der Waals surface area contributed by atoms with E-state index in [9.17, 15) is 4.79 Å². The monoisotopic (exact) mass is 173 g/mol. The van der Waals surface area contributed by atoms with E-state index in [2.05, 4.69) is 0 Å². The first-order valence-corrected chi connectivity index (χ1v) is 4.38. The molecule has 0 aromatic heterocycles. The van der Waals surface area contributed by atoms with Gasteiger partial charge in [-0.05, 0) is 34.6 Å². The Bertz CT molecular complexity index is 145. The van der Waals surface area contributed by atoms with Crippen molar-refractivity contribution >= 4 is 6.09 Å². The van der Waals surface area contributed by atoms with Crippen LogP contribution >= 0.6 is 0 Å². The topological polar surface area (TPSA) is 29.5 Å². The molecule has 1 amide bonds. The van der Waals surface area contributed by atoms with Crippen molar-refractivity contribution in [3.05, 3.63) is 0 Å². The van der Waals surface area contributed by atoms with Crippen LogP contribution in [0.3, 0.4) is 0 Å². The highest BCUT2D eigenvalue weighted by Gasteiger charge is 2.19. The molecule has 3 heteroatoms. The number of rotatable bonds is 2. The highest BCUT2D eigenvalue weighted by Crippen LogP contribution is 2.09. The lowest BCUT2D eigenvalue weighted by molar-refractivity contribution is 0.0270. The van der Waals surface area contributed by atoms with Crippen molar-refractivity contribution in [1.82, 2.24) is 4.90 Å². The Morgan fingerprint density at radius 3 is 1.92 bits per heavy atom. The molecule has 0 spiro atoms. The van der Waals surface area contributed by atoms with Gasteiger partial charge in [0.05, 0.1) is 0 Å². The van der Waals surface area contributed by atoms with Crippen LogP contribution in [0.15, 0.2) is 0 Å². The van der Waals surface area contributed by atoms with E-state index in [1.807, 2.05) is 34.6 Å². The number of hydrogen-bond acceptors (Lipinski definition) is 2. The van der Waals surface area contributed by atoms with Crippen molar-refractivity contribution in [2.45, 2.75) is 40.2 Å². The lowest BCUT2D eigenvalue weighted by atomic mass is 10.2. The van der Waals surface area contributed by atoms with Crippen molar-refractivity contribution in [3.8, 4) is 0 Å². The second kappa shape index (κ2) is 4.33. The average molecular weight is 173 g/mol. The quantitative estimate of drug-likeness (QED) is 0.641. The van der Waals surface area contributed by atoms with Gasteiger partial charge in [0.2, 0.25) is 0 Å². The SMILES string of the molecule is CCN(CC)C(=O)OC(C)(C)C. The van der Waals surface area contributed by atoms with E-state index in [1.165, 1.54) is 0 Å². The number of amides is 1. The van der Waals surface area contributed by atoms with Crippen LogP contribution in [0.5, 0.6) is 0 Å². The largest absolute Gasteiger partial charge is 0.444 e. The van der Waals surface area contributed by atoms with Crippen LogP contribution in [0.1, 0.15) is 34.6 Å². The lowest BCUT2D eigenvalue weighted by Gasteiger charge is -2.25. The molecule has 0 fully saturated rings. The zero-order chi connectivity index (χ0) is 9.78. The Morgan fingerprint density at radius 1 is 1.25 bits per heavy atom. The molecule has 0 aromatic rings. The Hall–Kier alpha value is -0.730. The van der Waals surface area contributed by atoms with Crippen molar-refractivity contribution < 1.29 is 9.53 Å². The maximum atomic E-state index is 11.3. The van der Waals surface area contributed by atoms with Gasteiger partial charge in [0.25, 0.3) is 0 Å². The summed E-state index contributed by atoms with van der Waals surface area (Å²) in [5.74, 6) is 0. The summed E-state index contributed by atoms with van der Waals surface area (Å²) in [6.45, 7) is 10.9. The standard InChI is InChI=1S/C9H19NO2/c1-6-10(7-2)8(11)12-9(3,4)5/h6-7H2,1-5H3. The second-order valence-electron chi connectivity index (χ2n) is 3.65. The van der Waals surface area contributed by atoms with E-state index >= 15 is 0 Å². The fraction of sp³-hybridized carbons (Fsp3) is 0.889. The van der Waals surface area contributed by atoms with Crippen LogP contribution in [0.2, 0.25) is 0 Å². The molecule has 0 unspecified atom stereocenters. The summed E-state index contributed by atoms with van der Waals surface area (Å²) in [5.41, 5.74) is -0.389. The Balaban J connectivity index is 4.02. The molecule has 0 atom stereocenters. The number of carbonyl (C=O) groups excluding carboxylic acids is 1. The summed E-state index contributed by atoms with van der Waals surface area (Å²) in [6.07, 6.45) is -0.229. The molecule has 0 saturated carbocycles. The summed E-state index contributed by atoms with van der Waals surface area (Å²) >= 11 is 0. The van der Waals surface area contributed by atoms with Gasteiger partial charge < -0.3 is 9.64 Å². The van der Waals surface area contributed by atoms with Crippen LogP contribution in [-0.4, -0.2) is 29.7 Å². The third-order valence-electron chi connectivity index (χ3n) is 1.42. The minimum absolute atomic E-state index is 0.229. The number of nitrogens with zero attached hydrogens (tertiary/aromatic N) is 1. The minimum Gasteiger partial charge on any atom is -0.444 e. The van der Waals surface area contributed by atoms with Crippen LogP contribution in [0, 0.1) is 0 Å². The Kier molecular flexibility index (Phi) is 4.07. The van der Waals surface area contributed by atoms with E-state index in [4.69, 9.17) is 4.74 Å². The zero-order valence-electron chi connectivity index (χ0n) is 8.68. The van der Waals surface area contributed by atoms with Gasteiger partial charge in [-0.3, -0.25) is 0 Å². The van der Waals surface area contributed by atoms with Crippen molar-refractivity contribution in [2.75, 3.05) is 13.1 Å². The highest BCUT2D eigenvalue weighted by molar-refractivity contribution is 5.67. The molecule has 0 aliphatic carbocycles. The van der Waals surface area contributed by atoms with Crippen molar-refractivity contribution in [1.29, 1.82) is 0 Å². The lowest BCUT2D eigenvalue weighted by Crippen LogP contribution is -2.36. The zero-order valence-corrected chi connectivity index (χ0v) is 8.68. The molecular formula is C9H19NO2. The van der Waals surface area contributed by atoms with Crippen LogP contribution < -0.4 is 0 Å². The average Bonchev–Trinajstić information content (AvgIpc) is 1.85. The first kappa shape index (κ1) is 11.3. The van der Waals surface area contributed by atoms with Gasteiger partial charge >= 0.3 is 6.09 Å². The fourth-order valence-electron chi connectivity index (χ4n) is 0.808. The summed E-state index contributed by atoms with van der Waals surface area (Å²) < 4.78 is 5.17. The smallest absolute Gasteiger partial charge is 0.410 e. The van der Waals surface area contributed by atoms with Gasteiger partial charge in [-0.15, -0.1) is 0 Å². The maximum Gasteiger partial charge on any atom is 0.410 e. The predicted molar refractivity (Wildman–Crippen MR) is 49.2 cm³/mol. The molecule has 0 aliphatic rings. The molecule has 0 aromatic carbocycles. The molecule has 0 radical (unpaired) electrons. The van der Waals surface area contributed by atoms with E-state index in [-0.39, 0.29) is 11.7 Å². The number of ether oxygens (including phenoxy) is 1. The van der Waals surface area contributed by atoms with Gasteiger partial charge in [0, 0.05) is 13.1 Å². The molecule has 0 heterocycles. The third-order valence-corrected chi connectivity index (χ3v) is 1.42. The van der Waals surface area contributed by atoms with E-state index in [0.717, 1.165) is 0 Å². The van der Waals surface area contributed by atoms with Crippen molar-refractivity contribution in [2.24, 2.45) is 0 Å². The molecule has 72 valence electrons. The van der Waals surface area contributed by atoms with Crippen molar-refractivity contribution in [3.63, 3.8) is 0 Å². The maximum absolute atomic E-state index is 11.3. The van der Waals surface area contributed by atoms with Gasteiger partial charge in [0.1, 0.15) is 5.60 Å². The second-order valence-corrected chi connectivity index (χ2v) is 3.65. The number of carbonyl (C=O) groups is 1. The van der Waals surface area contributed by atoms with Gasteiger partial charge in [0.15, 0.2) is 0 Å². The van der Waals surface area contributed by atoms with Gasteiger partial charge in [-0.2, -0.15) is 0 Å². The predicted octanol–water partition coefficient (Wildman–Crippen LogP) is 2.26. The highest BCUT2D eigenvalue weighted by atomic mass is 16.6. The van der Waals surface area contributed by atoms with Gasteiger partial charge in [-0.1, -0.05) is 0 Å². The van der Waals surface area contributed by atoms with E-state index in [0.29, 0.717) is 13.1 Å². The van der Waals surface area contributed by atoms with Crippen LogP contribution in [0.4, 0.5) is 4.79 Å². The molecule has 3 nitrogen and oxygen atoms in total. The normalized spacial score (nSPS) is 11.1.